The van der Waals surface area contributed by atoms with Crippen molar-refractivity contribution in [1.29, 1.82) is 0 Å². The Morgan fingerprint density at radius 3 is 2.55 bits per heavy atom. The first-order valence-electron chi connectivity index (χ1n) is 5.65. The van der Waals surface area contributed by atoms with Crippen molar-refractivity contribution < 1.29 is 14.4 Å². The van der Waals surface area contributed by atoms with Crippen molar-refractivity contribution in [1.82, 2.24) is 14.9 Å². The van der Waals surface area contributed by atoms with Crippen LogP contribution in [0.4, 0.5) is 0 Å². The first-order valence-corrected chi connectivity index (χ1v) is 6.45. The molecule has 3 aromatic rings. The molecule has 0 atom stereocenters. The van der Waals surface area contributed by atoms with Crippen molar-refractivity contribution in [3.8, 4) is 17.0 Å². The molecule has 3 rings (SSSR count). The summed E-state index contributed by atoms with van der Waals surface area (Å²) in [5, 5.41) is 16.5. The zero-order chi connectivity index (χ0) is 14.1. The largest absolute Gasteiger partial charge is 0.476 e. The summed E-state index contributed by atoms with van der Waals surface area (Å²) in [5.74, 6) is -0.703. The van der Waals surface area contributed by atoms with Gasteiger partial charge in [0.15, 0.2) is 11.5 Å². The van der Waals surface area contributed by atoms with E-state index in [2.05, 4.69) is 26.2 Å². The van der Waals surface area contributed by atoms with Crippen molar-refractivity contribution >= 4 is 21.9 Å². The van der Waals surface area contributed by atoms with Crippen molar-refractivity contribution in [3.63, 3.8) is 0 Å². The van der Waals surface area contributed by atoms with Crippen molar-refractivity contribution in [2.45, 2.75) is 0 Å². The zero-order valence-corrected chi connectivity index (χ0v) is 11.6. The molecule has 6 nitrogen and oxygen atoms in total. The number of carboxylic acid groups (broad SMARTS) is 1. The molecule has 0 saturated carbocycles. The normalized spacial score (nSPS) is 10.7. The van der Waals surface area contributed by atoms with Crippen LogP contribution in [0.2, 0.25) is 0 Å². The lowest BCUT2D eigenvalue weighted by Gasteiger charge is -2.03. The van der Waals surface area contributed by atoms with Crippen LogP contribution in [0, 0.1) is 0 Å². The summed E-state index contributed by atoms with van der Waals surface area (Å²) in [6, 6.07) is 10.6. The molecule has 0 aliphatic carbocycles. The number of rotatable bonds is 3. The monoisotopic (exact) mass is 333 g/mol. The molecule has 0 spiro atoms. The summed E-state index contributed by atoms with van der Waals surface area (Å²) < 4.78 is 7.58. The molecule has 1 aromatic carbocycles. The van der Waals surface area contributed by atoms with Crippen LogP contribution in [0.3, 0.4) is 0 Å². The average Bonchev–Trinajstić information content (AvgIpc) is 3.07. The minimum atomic E-state index is -1.11. The van der Waals surface area contributed by atoms with E-state index in [1.165, 1.54) is 6.07 Å². The van der Waals surface area contributed by atoms with Gasteiger partial charge in [0.1, 0.15) is 4.60 Å². The van der Waals surface area contributed by atoms with Crippen LogP contribution in [0.25, 0.3) is 17.0 Å². The number of carboxylic acids is 1. The third kappa shape index (κ3) is 2.23. The molecular weight excluding hydrogens is 326 g/mol. The Bertz CT molecular complexity index is 761. The van der Waals surface area contributed by atoms with E-state index < -0.39 is 5.97 Å². The van der Waals surface area contributed by atoms with E-state index in [9.17, 15) is 4.79 Å². The molecule has 0 aliphatic heterocycles. The van der Waals surface area contributed by atoms with E-state index in [0.717, 1.165) is 15.9 Å². The summed E-state index contributed by atoms with van der Waals surface area (Å²) in [5.41, 5.74) is 1.51. The molecular formula is C13H8BrN3O3. The lowest BCUT2D eigenvalue weighted by atomic mass is 10.1. The van der Waals surface area contributed by atoms with Gasteiger partial charge in [-0.3, -0.25) is 0 Å². The number of nitrogens with zero attached hydrogens (tertiary/aromatic N) is 3. The highest BCUT2D eigenvalue weighted by Gasteiger charge is 2.12. The van der Waals surface area contributed by atoms with E-state index in [1.54, 1.807) is 10.9 Å². The predicted molar refractivity (Wildman–Crippen MR) is 73.7 cm³/mol. The minimum Gasteiger partial charge on any atom is -0.476 e. The van der Waals surface area contributed by atoms with Crippen molar-refractivity contribution in [3.05, 3.63) is 52.9 Å². The molecule has 20 heavy (non-hydrogen) atoms. The lowest BCUT2D eigenvalue weighted by Crippen LogP contribution is -1.95. The second kappa shape index (κ2) is 4.93. The van der Waals surface area contributed by atoms with Gasteiger partial charge in [0.25, 0.3) is 0 Å². The first kappa shape index (κ1) is 12.6. The van der Waals surface area contributed by atoms with Gasteiger partial charge >= 0.3 is 5.97 Å². The Morgan fingerprint density at radius 2 is 2.00 bits per heavy atom. The maximum Gasteiger partial charge on any atom is 0.358 e. The zero-order valence-electron chi connectivity index (χ0n) is 10.0. The number of hydrogen-bond acceptors (Lipinski definition) is 4. The van der Waals surface area contributed by atoms with E-state index in [0.29, 0.717) is 5.76 Å². The van der Waals surface area contributed by atoms with Gasteiger partial charge in [0, 0.05) is 11.6 Å². The van der Waals surface area contributed by atoms with Gasteiger partial charge in [-0.2, -0.15) is 5.10 Å². The molecule has 0 saturated heterocycles. The van der Waals surface area contributed by atoms with Crippen LogP contribution in [-0.4, -0.2) is 26.0 Å². The molecule has 1 N–H and O–H groups in total. The van der Waals surface area contributed by atoms with Crippen molar-refractivity contribution in [2.24, 2.45) is 0 Å². The van der Waals surface area contributed by atoms with Crippen LogP contribution in [-0.2, 0) is 0 Å². The van der Waals surface area contributed by atoms with Crippen LogP contribution < -0.4 is 0 Å². The molecule has 0 bridgehead atoms. The molecule has 0 amide bonds. The maximum atomic E-state index is 10.8. The number of carbonyl (C=O) groups is 1. The van der Waals surface area contributed by atoms with E-state index in [-0.39, 0.29) is 5.69 Å². The fourth-order valence-corrected chi connectivity index (χ4v) is 2.17. The second-order valence-electron chi connectivity index (χ2n) is 3.99. The fourth-order valence-electron chi connectivity index (χ4n) is 1.76. The second-order valence-corrected chi connectivity index (χ2v) is 4.81. The summed E-state index contributed by atoms with van der Waals surface area (Å²) in [7, 11) is 0. The lowest BCUT2D eigenvalue weighted by molar-refractivity contribution is 0.0686. The minimum absolute atomic E-state index is 0.112. The molecule has 0 unspecified atom stereocenters. The number of halogens is 1. The molecule has 0 fully saturated rings. The van der Waals surface area contributed by atoms with Crippen molar-refractivity contribution in [2.75, 3.05) is 0 Å². The highest BCUT2D eigenvalue weighted by atomic mass is 79.9. The van der Waals surface area contributed by atoms with Gasteiger partial charge in [-0.15, -0.1) is 0 Å². The average molecular weight is 334 g/mol. The fraction of sp³-hybridized carbons (Fsp3) is 0. The Morgan fingerprint density at radius 1 is 1.25 bits per heavy atom. The Balaban J connectivity index is 1.93. The van der Waals surface area contributed by atoms with Gasteiger partial charge in [-0.1, -0.05) is 5.16 Å². The third-order valence-corrected chi connectivity index (χ3v) is 3.32. The quantitative estimate of drug-likeness (QED) is 0.796. The highest BCUT2D eigenvalue weighted by molar-refractivity contribution is 9.10. The highest BCUT2D eigenvalue weighted by Crippen LogP contribution is 2.23. The smallest absolute Gasteiger partial charge is 0.358 e. The molecule has 7 heteroatoms. The maximum absolute atomic E-state index is 10.8. The summed E-state index contributed by atoms with van der Waals surface area (Å²) in [6.45, 7) is 0. The van der Waals surface area contributed by atoms with Gasteiger partial charge in [-0.25, -0.2) is 9.48 Å². The summed E-state index contributed by atoms with van der Waals surface area (Å²) in [4.78, 5) is 10.8. The van der Waals surface area contributed by atoms with E-state index in [4.69, 9.17) is 9.63 Å². The number of aromatic nitrogens is 3. The molecule has 100 valence electrons. The Labute approximate surface area is 121 Å². The molecule has 2 heterocycles. The molecule has 0 aliphatic rings. The van der Waals surface area contributed by atoms with Gasteiger partial charge in [0.2, 0.25) is 0 Å². The van der Waals surface area contributed by atoms with Gasteiger partial charge in [0.05, 0.1) is 11.9 Å². The summed E-state index contributed by atoms with van der Waals surface area (Å²) in [6.07, 6.45) is 1.69. The first-order chi connectivity index (χ1) is 9.65. The summed E-state index contributed by atoms with van der Waals surface area (Å²) >= 11 is 3.39. The third-order valence-electron chi connectivity index (χ3n) is 2.72. The Hall–Kier alpha value is -2.41. The van der Waals surface area contributed by atoms with Crippen LogP contribution in [0.1, 0.15) is 10.5 Å². The van der Waals surface area contributed by atoms with Crippen LogP contribution >= 0.6 is 15.9 Å². The SMILES string of the molecule is O=C(O)c1cc(-c2ccc(-n3nccc3Br)cc2)on1. The van der Waals surface area contributed by atoms with Gasteiger partial charge < -0.3 is 9.63 Å². The van der Waals surface area contributed by atoms with Crippen LogP contribution in [0.15, 0.2) is 51.7 Å². The molecule has 2 aromatic heterocycles. The van der Waals surface area contributed by atoms with Gasteiger partial charge in [-0.05, 0) is 46.3 Å². The number of benzene rings is 1. The topological polar surface area (TPSA) is 81.1 Å². The number of aromatic carboxylic acids is 1. The van der Waals surface area contributed by atoms with E-state index in [1.807, 2.05) is 30.3 Å². The Kier molecular flexibility index (Phi) is 3.11. The predicted octanol–water partition coefficient (Wildman–Crippen LogP) is 2.99. The van der Waals surface area contributed by atoms with E-state index >= 15 is 0 Å². The molecule has 0 radical (unpaired) electrons. The van der Waals surface area contributed by atoms with Crippen LogP contribution in [0.5, 0.6) is 0 Å². The number of hydrogen-bond donors (Lipinski definition) is 1. The standard InChI is InChI=1S/C13H8BrN3O3/c14-12-5-6-15-17(12)9-3-1-8(2-4-9)11-7-10(13(18)19)16-20-11/h1-7H,(H,18,19).